The van der Waals surface area contributed by atoms with Gasteiger partial charge in [-0.1, -0.05) is 12.1 Å². The molecule has 5 heteroatoms. The number of nitrogens with one attached hydrogen (secondary N) is 2. The Kier molecular flexibility index (Phi) is 4.17. The maximum Gasteiger partial charge on any atom is 0.319 e. The number of anilines is 1. The number of rotatable bonds is 3. The molecule has 4 N–H and O–H groups in total. The maximum absolute atomic E-state index is 11.8. The van der Waals surface area contributed by atoms with Crippen LogP contribution in [0.4, 0.5) is 10.5 Å². The summed E-state index contributed by atoms with van der Waals surface area (Å²) in [5.74, 6) is 0. The number of aryl methyl sites for hydroxylation is 1. The first-order valence-corrected chi connectivity index (χ1v) is 6.14. The predicted molar refractivity (Wildman–Crippen MR) is 70.4 cm³/mol. The Morgan fingerprint density at radius 2 is 2.39 bits per heavy atom. The molecule has 1 aromatic rings. The van der Waals surface area contributed by atoms with Gasteiger partial charge >= 0.3 is 6.03 Å². The van der Waals surface area contributed by atoms with Gasteiger partial charge in [0.25, 0.3) is 0 Å². The minimum Gasteiger partial charge on any atom is -0.379 e. The van der Waals surface area contributed by atoms with Gasteiger partial charge in [0.1, 0.15) is 0 Å². The van der Waals surface area contributed by atoms with Crippen LogP contribution in [0.5, 0.6) is 0 Å². The van der Waals surface area contributed by atoms with Gasteiger partial charge in [-0.2, -0.15) is 0 Å². The summed E-state index contributed by atoms with van der Waals surface area (Å²) in [7, 11) is 0. The van der Waals surface area contributed by atoms with Gasteiger partial charge in [-0.3, -0.25) is 0 Å². The normalized spacial score (nSPS) is 18.7. The lowest BCUT2D eigenvalue weighted by atomic mass is 10.1. The van der Waals surface area contributed by atoms with Crippen LogP contribution in [0.3, 0.4) is 0 Å². The van der Waals surface area contributed by atoms with Crippen molar-refractivity contribution in [3.63, 3.8) is 0 Å². The summed E-state index contributed by atoms with van der Waals surface area (Å²) >= 11 is 0. The van der Waals surface area contributed by atoms with E-state index in [2.05, 4.69) is 10.6 Å². The first-order chi connectivity index (χ1) is 8.69. The van der Waals surface area contributed by atoms with Crippen LogP contribution in [0.25, 0.3) is 0 Å². The predicted octanol–water partition coefficient (Wildman–Crippen LogP) is 1.36. The second kappa shape index (κ2) is 5.84. The molecule has 1 aromatic carbocycles. The number of urea groups is 1. The Morgan fingerprint density at radius 1 is 1.56 bits per heavy atom. The van der Waals surface area contributed by atoms with Crippen LogP contribution in [-0.2, 0) is 11.3 Å². The van der Waals surface area contributed by atoms with E-state index in [0.29, 0.717) is 19.8 Å². The van der Waals surface area contributed by atoms with E-state index in [4.69, 9.17) is 10.5 Å². The lowest BCUT2D eigenvalue weighted by molar-refractivity contribution is 0.189. The van der Waals surface area contributed by atoms with E-state index < -0.39 is 0 Å². The Labute approximate surface area is 107 Å². The molecule has 1 unspecified atom stereocenters. The minimum absolute atomic E-state index is 0.114. The molecule has 0 aliphatic carbocycles. The van der Waals surface area contributed by atoms with Crippen LogP contribution in [0.2, 0.25) is 0 Å². The number of hydrogen-bond acceptors (Lipinski definition) is 3. The molecule has 1 aliphatic rings. The second-order valence-corrected chi connectivity index (χ2v) is 4.51. The molecule has 98 valence electrons. The highest BCUT2D eigenvalue weighted by atomic mass is 16.5. The van der Waals surface area contributed by atoms with Crippen molar-refractivity contribution in [2.75, 3.05) is 18.5 Å². The first-order valence-electron chi connectivity index (χ1n) is 6.14. The molecule has 1 atom stereocenters. The van der Waals surface area contributed by atoms with Crippen molar-refractivity contribution in [3.8, 4) is 0 Å². The van der Waals surface area contributed by atoms with Gasteiger partial charge in [-0.05, 0) is 30.5 Å². The van der Waals surface area contributed by atoms with Crippen LogP contribution in [0, 0.1) is 6.92 Å². The molecular weight excluding hydrogens is 230 g/mol. The van der Waals surface area contributed by atoms with Crippen molar-refractivity contribution in [1.29, 1.82) is 0 Å². The fourth-order valence-corrected chi connectivity index (χ4v) is 1.92. The Balaban J connectivity index is 1.97. The maximum atomic E-state index is 11.8. The Hall–Kier alpha value is -1.59. The topological polar surface area (TPSA) is 76.4 Å². The summed E-state index contributed by atoms with van der Waals surface area (Å²) in [5, 5.41) is 5.74. The lowest BCUT2D eigenvalue weighted by Crippen LogP contribution is -2.38. The van der Waals surface area contributed by atoms with Crippen molar-refractivity contribution in [1.82, 2.24) is 5.32 Å². The zero-order chi connectivity index (χ0) is 13.0. The fourth-order valence-electron chi connectivity index (χ4n) is 1.92. The molecule has 0 aromatic heterocycles. The largest absolute Gasteiger partial charge is 0.379 e. The van der Waals surface area contributed by atoms with Crippen LogP contribution in [-0.4, -0.2) is 25.3 Å². The molecule has 0 bridgehead atoms. The third-order valence-corrected chi connectivity index (χ3v) is 3.05. The van der Waals surface area contributed by atoms with Crippen molar-refractivity contribution >= 4 is 11.7 Å². The smallest absolute Gasteiger partial charge is 0.319 e. The van der Waals surface area contributed by atoms with E-state index in [-0.39, 0.29) is 12.1 Å². The summed E-state index contributed by atoms with van der Waals surface area (Å²) in [6.07, 6.45) is 0.870. The van der Waals surface area contributed by atoms with Gasteiger partial charge in [0, 0.05) is 18.8 Å². The summed E-state index contributed by atoms with van der Waals surface area (Å²) in [5.41, 5.74) is 8.41. The number of amides is 2. The van der Waals surface area contributed by atoms with Gasteiger partial charge in [0.15, 0.2) is 0 Å². The van der Waals surface area contributed by atoms with E-state index in [1.807, 2.05) is 25.1 Å². The molecule has 1 aliphatic heterocycles. The molecular formula is C13H19N3O2. The molecule has 5 nitrogen and oxygen atoms in total. The van der Waals surface area contributed by atoms with Crippen LogP contribution in [0.15, 0.2) is 18.2 Å². The fraction of sp³-hybridized carbons (Fsp3) is 0.462. The van der Waals surface area contributed by atoms with Crippen LogP contribution >= 0.6 is 0 Å². The Morgan fingerprint density at radius 3 is 3.06 bits per heavy atom. The standard InChI is InChI=1S/C13H19N3O2/c1-9-2-3-10(7-14)6-12(9)16-13(17)15-11-4-5-18-8-11/h2-3,6,11H,4-5,7-8,14H2,1H3,(H2,15,16,17). The van der Waals surface area contributed by atoms with Crippen molar-refractivity contribution in [2.24, 2.45) is 5.73 Å². The van der Waals surface area contributed by atoms with Crippen molar-refractivity contribution in [2.45, 2.75) is 25.9 Å². The molecule has 1 heterocycles. The van der Waals surface area contributed by atoms with E-state index in [1.165, 1.54) is 0 Å². The molecule has 0 radical (unpaired) electrons. The number of ether oxygens (including phenoxy) is 1. The highest BCUT2D eigenvalue weighted by molar-refractivity contribution is 5.90. The van der Waals surface area contributed by atoms with Gasteiger partial charge in [0.05, 0.1) is 12.6 Å². The first kappa shape index (κ1) is 12.9. The third-order valence-electron chi connectivity index (χ3n) is 3.05. The molecule has 2 rings (SSSR count). The van der Waals surface area contributed by atoms with Gasteiger partial charge in [-0.25, -0.2) is 4.79 Å². The summed E-state index contributed by atoms with van der Waals surface area (Å²) in [4.78, 5) is 11.8. The summed E-state index contributed by atoms with van der Waals surface area (Å²) in [6, 6.07) is 5.74. The van der Waals surface area contributed by atoms with Crippen molar-refractivity contribution < 1.29 is 9.53 Å². The van der Waals surface area contributed by atoms with Gasteiger partial charge in [-0.15, -0.1) is 0 Å². The van der Waals surface area contributed by atoms with Crippen LogP contribution in [0.1, 0.15) is 17.5 Å². The molecule has 2 amide bonds. The zero-order valence-corrected chi connectivity index (χ0v) is 10.5. The Bertz CT molecular complexity index is 428. The van der Waals surface area contributed by atoms with Gasteiger partial charge in [0.2, 0.25) is 0 Å². The highest BCUT2D eigenvalue weighted by Gasteiger charge is 2.17. The molecule has 1 fully saturated rings. The van der Waals surface area contributed by atoms with Crippen LogP contribution < -0.4 is 16.4 Å². The zero-order valence-electron chi connectivity index (χ0n) is 10.5. The van der Waals surface area contributed by atoms with E-state index in [9.17, 15) is 4.79 Å². The van der Waals surface area contributed by atoms with E-state index >= 15 is 0 Å². The quantitative estimate of drug-likeness (QED) is 0.757. The second-order valence-electron chi connectivity index (χ2n) is 4.51. The monoisotopic (exact) mass is 249 g/mol. The number of hydrogen-bond donors (Lipinski definition) is 3. The SMILES string of the molecule is Cc1ccc(CN)cc1NC(=O)NC1CCOC1. The van der Waals surface area contributed by atoms with Crippen molar-refractivity contribution in [3.05, 3.63) is 29.3 Å². The highest BCUT2D eigenvalue weighted by Crippen LogP contribution is 2.16. The average molecular weight is 249 g/mol. The number of carbonyl (C=O) groups excluding carboxylic acids is 1. The summed E-state index contributed by atoms with van der Waals surface area (Å²) < 4.78 is 5.21. The van der Waals surface area contributed by atoms with E-state index in [0.717, 1.165) is 23.2 Å². The van der Waals surface area contributed by atoms with Gasteiger partial charge < -0.3 is 21.1 Å². The number of nitrogens with two attached hydrogens (primary N) is 1. The molecule has 1 saturated heterocycles. The lowest BCUT2D eigenvalue weighted by Gasteiger charge is -2.14. The molecule has 0 saturated carbocycles. The number of carbonyl (C=O) groups is 1. The molecule has 18 heavy (non-hydrogen) atoms. The summed E-state index contributed by atoms with van der Waals surface area (Å²) in [6.45, 7) is 3.73. The average Bonchev–Trinajstić information content (AvgIpc) is 2.84. The minimum atomic E-state index is -0.192. The molecule has 0 spiro atoms. The number of benzene rings is 1. The van der Waals surface area contributed by atoms with E-state index in [1.54, 1.807) is 0 Å². The third kappa shape index (κ3) is 3.21.